The lowest BCUT2D eigenvalue weighted by molar-refractivity contribution is -0.137. The molecule has 0 saturated carbocycles. The average molecular weight is 397 g/mol. The van der Waals surface area contributed by atoms with E-state index in [1.165, 1.54) is 6.08 Å². The van der Waals surface area contributed by atoms with Crippen molar-refractivity contribution in [3.63, 3.8) is 0 Å². The van der Waals surface area contributed by atoms with Crippen molar-refractivity contribution in [2.45, 2.75) is 13.5 Å². The Bertz CT molecular complexity index is 1010. The van der Waals surface area contributed by atoms with Crippen LogP contribution in [0.1, 0.15) is 18.1 Å². The summed E-state index contributed by atoms with van der Waals surface area (Å²) in [7, 11) is 1.55. The monoisotopic (exact) mass is 396 g/mol. The van der Waals surface area contributed by atoms with Gasteiger partial charge in [-0.25, -0.2) is 4.79 Å². The first-order chi connectivity index (χ1) is 13.6. The number of carbonyl (C=O) groups excluding carboxylic acids is 1. The largest absolute Gasteiger partial charge is 0.493 e. The van der Waals surface area contributed by atoms with Crippen LogP contribution < -0.4 is 9.47 Å². The molecule has 144 valence electrons. The third-order valence-electron chi connectivity index (χ3n) is 4.20. The molecule has 0 bridgehead atoms. The van der Waals surface area contributed by atoms with Crippen LogP contribution in [0.5, 0.6) is 11.5 Å². The molecule has 0 radical (unpaired) electrons. The second-order valence-electron chi connectivity index (χ2n) is 6.05. The zero-order valence-corrected chi connectivity index (χ0v) is 16.5. The van der Waals surface area contributed by atoms with Gasteiger partial charge in [-0.3, -0.25) is 0 Å². The van der Waals surface area contributed by atoms with Crippen LogP contribution in [0.2, 0.25) is 5.02 Å². The van der Waals surface area contributed by atoms with Crippen molar-refractivity contribution < 1.29 is 19.0 Å². The lowest BCUT2D eigenvalue weighted by Gasteiger charge is -2.14. The molecule has 3 aromatic carbocycles. The van der Waals surface area contributed by atoms with Gasteiger partial charge in [0.05, 0.1) is 18.7 Å². The minimum atomic E-state index is -0.408. The number of ether oxygens (including phenoxy) is 3. The van der Waals surface area contributed by atoms with Gasteiger partial charge < -0.3 is 14.2 Å². The van der Waals surface area contributed by atoms with Gasteiger partial charge in [-0.05, 0) is 47.0 Å². The molecule has 0 aliphatic carbocycles. The molecule has 28 heavy (non-hydrogen) atoms. The van der Waals surface area contributed by atoms with E-state index in [-0.39, 0.29) is 0 Å². The van der Waals surface area contributed by atoms with Gasteiger partial charge in [0.1, 0.15) is 6.61 Å². The fraction of sp³-hybridized carbons (Fsp3) is 0.174. The summed E-state index contributed by atoms with van der Waals surface area (Å²) >= 11 is 6.42. The van der Waals surface area contributed by atoms with Gasteiger partial charge in [0.25, 0.3) is 0 Å². The molecule has 0 unspecified atom stereocenters. The predicted octanol–water partition coefficient (Wildman–Crippen LogP) is 5.66. The molecule has 0 saturated heterocycles. The molecule has 0 aliphatic heterocycles. The third kappa shape index (κ3) is 4.65. The molecule has 4 nitrogen and oxygen atoms in total. The molecule has 0 aliphatic rings. The van der Waals surface area contributed by atoms with E-state index in [1.807, 2.05) is 24.3 Å². The summed E-state index contributed by atoms with van der Waals surface area (Å²) in [6.07, 6.45) is 2.98. The van der Waals surface area contributed by atoms with Crippen LogP contribution >= 0.6 is 11.6 Å². The van der Waals surface area contributed by atoms with E-state index in [9.17, 15) is 4.79 Å². The first kappa shape index (κ1) is 19.8. The summed E-state index contributed by atoms with van der Waals surface area (Å²) in [5.74, 6) is 0.551. The number of rotatable bonds is 7. The number of methoxy groups -OCH3 is 1. The van der Waals surface area contributed by atoms with Crippen molar-refractivity contribution in [3.05, 3.63) is 76.8 Å². The van der Waals surface area contributed by atoms with Crippen molar-refractivity contribution in [2.24, 2.45) is 0 Å². The normalized spacial score (nSPS) is 11.0. The van der Waals surface area contributed by atoms with E-state index < -0.39 is 5.97 Å². The molecule has 3 aromatic rings. The Balaban J connectivity index is 1.83. The third-order valence-corrected chi connectivity index (χ3v) is 4.48. The summed E-state index contributed by atoms with van der Waals surface area (Å²) in [6.45, 7) is 2.44. The van der Waals surface area contributed by atoms with Crippen molar-refractivity contribution in [2.75, 3.05) is 13.7 Å². The van der Waals surface area contributed by atoms with E-state index >= 15 is 0 Å². The number of benzene rings is 3. The lowest BCUT2D eigenvalue weighted by atomic mass is 10.1. The van der Waals surface area contributed by atoms with Crippen LogP contribution in [0.4, 0.5) is 0 Å². The first-order valence-electron chi connectivity index (χ1n) is 8.94. The van der Waals surface area contributed by atoms with Gasteiger partial charge in [-0.15, -0.1) is 0 Å². The number of fused-ring (bicyclic) bond motifs is 1. The summed E-state index contributed by atoms with van der Waals surface area (Å²) in [5.41, 5.74) is 1.77. The molecule has 5 heteroatoms. The maximum Gasteiger partial charge on any atom is 0.330 e. The maximum atomic E-state index is 11.5. The lowest BCUT2D eigenvalue weighted by Crippen LogP contribution is -2.00. The molecule has 0 fully saturated rings. The molecule has 0 aromatic heterocycles. The van der Waals surface area contributed by atoms with Gasteiger partial charge in [-0.1, -0.05) is 54.1 Å². The predicted molar refractivity (Wildman–Crippen MR) is 112 cm³/mol. The smallest absolute Gasteiger partial charge is 0.330 e. The summed E-state index contributed by atoms with van der Waals surface area (Å²) in [4.78, 5) is 11.5. The molecule has 0 spiro atoms. The highest BCUT2D eigenvalue weighted by molar-refractivity contribution is 6.32. The molecule has 3 rings (SSSR count). The van der Waals surface area contributed by atoms with Crippen molar-refractivity contribution >= 4 is 34.4 Å². The average Bonchev–Trinajstić information content (AvgIpc) is 2.71. The fourth-order valence-electron chi connectivity index (χ4n) is 2.90. The van der Waals surface area contributed by atoms with Gasteiger partial charge >= 0.3 is 5.97 Å². The Morgan fingerprint density at radius 2 is 1.89 bits per heavy atom. The van der Waals surface area contributed by atoms with E-state index in [2.05, 4.69) is 18.2 Å². The van der Waals surface area contributed by atoms with Crippen LogP contribution in [0.3, 0.4) is 0 Å². The van der Waals surface area contributed by atoms with E-state index in [0.717, 1.165) is 16.3 Å². The Morgan fingerprint density at radius 3 is 2.68 bits per heavy atom. The Hall–Kier alpha value is -2.98. The molecule has 0 atom stereocenters. The quantitative estimate of drug-likeness (QED) is 0.382. The van der Waals surface area contributed by atoms with Crippen LogP contribution in [0.25, 0.3) is 16.8 Å². The molecule has 0 N–H and O–H groups in total. The second-order valence-corrected chi connectivity index (χ2v) is 6.45. The van der Waals surface area contributed by atoms with Crippen LogP contribution in [-0.4, -0.2) is 19.7 Å². The minimum Gasteiger partial charge on any atom is -0.493 e. The first-order valence-corrected chi connectivity index (χ1v) is 9.32. The second kappa shape index (κ2) is 9.29. The van der Waals surface area contributed by atoms with Gasteiger partial charge in [0.15, 0.2) is 11.5 Å². The van der Waals surface area contributed by atoms with Crippen LogP contribution in [0.15, 0.2) is 60.7 Å². The Labute approximate surface area is 169 Å². The SMILES string of the molecule is CCOC(=O)/C=C/c1cc(Cl)c(OCc2cccc3ccccc23)c(OC)c1. The van der Waals surface area contributed by atoms with Crippen LogP contribution in [-0.2, 0) is 16.1 Å². The highest BCUT2D eigenvalue weighted by Gasteiger charge is 2.12. The van der Waals surface area contributed by atoms with Gasteiger partial charge in [0.2, 0.25) is 0 Å². The fourth-order valence-corrected chi connectivity index (χ4v) is 3.17. The van der Waals surface area contributed by atoms with E-state index in [4.69, 9.17) is 25.8 Å². The topological polar surface area (TPSA) is 44.8 Å². The number of hydrogen-bond acceptors (Lipinski definition) is 4. The van der Waals surface area contributed by atoms with Gasteiger partial charge in [-0.2, -0.15) is 0 Å². The minimum absolute atomic E-state index is 0.328. The summed E-state index contributed by atoms with van der Waals surface area (Å²) < 4.78 is 16.3. The molecular formula is C23H21ClO4. The zero-order valence-electron chi connectivity index (χ0n) is 15.8. The summed E-state index contributed by atoms with van der Waals surface area (Å²) in [5, 5.41) is 2.69. The zero-order chi connectivity index (χ0) is 19.9. The molecule has 0 heterocycles. The maximum absolute atomic E-state index is 11.5. The highest BCUT2D eigenvalue weighted by Crippen LogP contribution is 2.37. The standard InChI is InChI=1S/C23H21ClO4/c1-3-27-22(25)12-11-16-13-20(24)23(21(14-16)26-2)28-15-18-9-6-8-17-7-4-5-10-19(17)18/h4-14H,3,15H2,1-2H3/b12-11+. The number of esters is 1. The van der Waals surface area contributed by atoms with E-state index in [1.54, 1.807) is 32.2 Å². The van der Waals surface area contributed by atoms with E-state index in [0.29, 0.717) is 35.3 Å². The summed E-state index contributed by atoms with van der Waals surface area (Å²) in [6, 6.07) is 17.7. The number of halogens is 1. The van der Waals surface area contributed by atoms with Crippen LogP contribution in [0, 0.1) is 0 Å². The Kier molecular flexibility index (Phi) is 6.56. The van der Waals surface area contributed by atoms with Crippen molar-refractivity contribution in [1.29, 1.82) is 0 Å². The van der Waals surface area contributed by atoms with Gasteiger partial charge in [0, 0.05) is 6.08 Å². The van der Waals surface area contributed by atoms with Crippen molar-refractivity contribution in [3.8, 4) is 11.5 Å². The number of hydrogen-bond donors (Lipinski definition) is 0. The molecule has 0 amide bonds. The molecular weight excluding hydrogens is 376 g/mol. The Morgan fingerprint density at radius 1 is 1.11 bits per heavy atom. The highest BCUT2D eigenvalue weighted by atomic mass is 35.5. The number of carbonyl (C=O) groups is 1. The van der Waals surface area contributed by atoms with Crippen molar-refractivity contribution in [1.82, 2.24) is 0 Å².